The molecule has 0 amide bonds. The van der Waals surface area contributed by atoms with Gasteiger partial charge in [0.15, 0.2) is 4.34 Å². The zero-order valence-electron chi connectivity index (χ0n) is 8.09. The fraction of sp³-hybridized carbons (Fsp3) is 0.300. The van der Waals surface area contributed by atoms with E-state index >= 15 is 0 Å². The third kappa shape index (κ3) is 2.69. The van der Waals surface area contributed by atoms with Crippen LogP contribution < -0.4 is 5.73 Å². The molecule has 0 aliphatic rings. The van der Waals surface area contributed by atoms with Gasteiger partial charge in [0.2, 0.25) is 0 Å². The zero-order valence-corrected chi connectivity index (χ0v) is 9.72. The first kappa shape index (κ1) is 10.9. The number of thiazole rings is 1. The van der Waals surface area contributed by atoms with Crippen molar-refractivity contribution in [2.75, 3.05) is 12.4 Å². The van der Waals surface area contributed by atoms with Gasteiger partial charge < -0.3 is 10.8 Å². The Kier molecular flexibility index (Phi) is 3.58. The molecule has 1 atom stereocenters. The van der Waals surface area contributed by atoms with Crippen LogP contribution in [0.3, 0.4) is 0 Å². The highest BCUT2D eigenvalue weighted by Crippen LogP contribution is 2.29. The average Bonchev–Trinajstić information content (AvgIpc) is 2.68. The Hall–Kier alpha value is -0.620. The number of fused-ring (bicyclic) bond motifs is 1. The van der Waals surface area contributed by atoms with Gasteiger partial charge in [-0.25, -0.2) is 4.98 Å². The topological polar surface area (TPSA) is 59.1 Å². The summed E-state index contributed by atoms with van der Waals surface area (Å²) in [6.45, 7) is 0.0257. The molecule has 15 heavy (non-hydrogen) atoms. The molecule has 0 spiro atoms. The smallest absolute Gasteiger partial charge is 0.151 e. The second kappa shape index (κ2) is 4.94. The summed E-state index contributed by atoms with van der Waals surface area (Å²) >= 11 is 3.27. The molecule has 2 rings (SSSR count). The Morgan fingerprint density at radius 2 is 2.27 bits per heavy atom. The number of aliphatic hydroxyl groups excluding tert-OH is 1. The summed E-state index contributed by atoms with van der Waals surface area (Å²) < 4.78 is 2.21. The summed E-state index contributed by atoms with van der Waals surface area (Å²) in [6.07, 6.45) is 0. The molecule has 3 nitrogen and oxygen atoms in total. The summed E-state index contributed by atoms with van der Waals surface area (Å²) in [7, 11) is 0. The van der Waals surface area contributed by atoms with Crippen LogP contribution in [0, 0.1) is 0 Å². The first-order valence-electron chi connectivity index (χ1n) is 4.64. The number of hydrogen-bond donors (Lipinski definition) is 2. The molecule has 80 valence electrons. The maximum absolute atomic E-state index is 8.80. The van der Waals surface area contributed by atoms with E-state index in [-0.39, 0.29) is 12.6 Å². The highest BCUT2D eigenvalue weighted by atomic mass is 32.2. The Labute approximate surface area is 96.3 Å². The number of para-hydroxylation sites is 1. The van der Waals surface area contributed by atoms with Gasteiger partial charge in [-0.15, -0.1) is 11.3 Å². The van der Waals surface area contributed by atoms with E-state index in [1.54, 1.807) is 23.1 Å². The lowest BCUT2D eigenvalue weighted by atomic mass is 10.3. The second-order valence-electron chi connectivity index (χ2n) is 3.20. The molecule has 0 aliphatic carbocycles. The van der Waals surface area contributed by atoms with E-state index in [9.17, 15) is 0 Å². The van der Waals surface area contributed by atoms with Crippen LogP contribution in [0.15, 0.2) is 28.6 Å². The Bertz CT molecular complexity index is 411. The van der Waals surface area contributed by atoms with Gasteiger partial charge >= 0.3 is 0 Å². The first-order chi connectivity index (χ1) is 7.29. The fourth-order valence-corrected chi connectivity index (χ4v) is 3.17. The minimum atomic E-state index is -0.165. The van der Waals surface area contributed by atoms with Gasteiger partial charge in [0, 0.05) is 11.8 Å². The molecular formula is C10H12N2OS2. The van der Waals surface area contributed by atoms with Crippen LogP contribution in [0.1, 0.15) is 0 Å². The summed E-state index contributed by atoms with van der Waals surface area (Å²) in [5.41, 5.74) is 6.65. The molecule has 5 heteroatoms. The van der Waals surface area contributed by atoms with Crippen LogP contribution in [-0.4, -0.2) is 28.5 Å². The van der Waals surface area contributed by atoms with Gasteiger partial charge in [-0.05, 0) is 12.1 Å². The summed E-state index contributed by atoms with van der Waals surface area (Å²) in [6, 6.07) is 7.89. The van der Waals surface area contributed by atoms with Crippen molar-refractivity contribution in [3.05, 3.63) is 24.3 Å². The molecule has 1 heterocycles. The third-order valence-electron chi connectivity index (χ3n) is 1.93. The van der Waals surface area contributed by atoms with Gasteiger partial charge in [-0.1, -0.05) is 23.9 Å². The Balaban J connectivity index is 2.09. The fourth-order valence-electron chi connectivity index (χ4n) is 1.14. The molecule has 1 aromatic heterocycles. The van der Waals surface area contributed by atoms with Crippen molar-refractivity contribution in [1.29, 1.82) is 0 Å². The number of aromatic nitrogens is 1. The predicted molar refractivity (Wildman–Crippen MR) is 65.4 cm³/mol. The molecule has 0 saturated carbocycles. The van der Waals surface area contributed by atoms with Crippen molar-refractivity contribution in [2.45, 2.75) is 10.4 Å². The van der Waals surface area contributed by atoms with Crippen LogP contribution in [-0.2, 0) is 0 Å². The van der Waals surface area contributed by atoms with E-state index in [1.807, 2.05) is 18.2 Å². The molecule has 0 saturated heterocycles. The predicted octanol–water partition coefficient (Wildman–Crippen LogP) is 1.71. The normalized spacial score (nSPS) is 13.2. The number of benzene rings is 1. The Morgan fingerprint density at radius 1 is 1.47 bits per heavy atom. The van der Waals surface area contributed by atoms with Crippen LogP contribution in [0.4, 0.5) is 0 Å². The minimum Gasteiger partial charge on any atom is -0.395 e. The van der Waals surface area contributed by atoms with Crippen molar-refractivity contribution in [2.24, 2.45) is 5.73 Å². The van der Waals surface area contributed by atoms with Crippen molar-refractivity contribution in [1.82, 2.24) is 4.98 Å². The van der Waals surface area contributed by atoms with E-state index in [2.05, 4.69) is 11.1 Å². The highest BCUT2D eigenvalue weighted by molar-refractivity contribution is 8.01. The molecule has 1 aromatic carbocycles. The van der Waals surface area contributed by atoms with Gasteiger partial charge in [0.25, 0.3) is 0 Å². The quantitative estimate of drug-likeness (QED) is 0.799. The van der Waals surface area contributed by atoms with Crippen LogP contribution in [0.2, 0.25) is 0 Å². The van der Waals surface area contributed by atoms with E-state index in [1.165, 1.54) is 4.70 Å². The van der Waals surface area contributed by atoms with Gasteiger partial charge in [0.05, 0.1) is 16.8 Å². The Morgan fingerprint density at radius 3 is 3.00 bits per heavy atom. The summed E-state index contributed by atoms with van der Waals surface area (Å²) in [4.78, 5) is 4.46. The van der Waals surface area contributed by atoms with Gasteiger partial charge in [0.1, 0.15) is 0 Å². The van der Waals surface area contributed by atoms with E-state index in [0.717, 1.165) is 9.86 Å². The van der Waals surface area contributed by atoms with Crippen LogP contribution in [0.25, 0.3) is 10.2 Å². The number of nitrogens with two attached hydrogens (primary N) is 1. The highest BCUT2D eigenvalue weighted by Gasteiger charge is 2.06. The lowest BCUT2D eigenvalue weighted by molar-refractivity contribution is 0.275. The number of thioether (sulfide) groups is 1. The number of aliphatic hydroxyl groups is 1. The number of rotatable bonds is 4. The van der Waals surface area contributed by atoms with Gasteiger partial charge in [-0.3, -0.25) is 0 Å². The maximum atomic E-state index is 8.80. The van der Waals surface area contributed by atoms with Crippen molar-refractivity contribution < 1.29 is 5.11 Å². The first-order valence-corrected chi connectivity index (χ1v) is 6.44. The SMILES string of the molecule is NC(CO)CSc1nc2ccccc2s1. The van der Waals surface area contributed by atoms with E-state index in [0.29, 0.717) is 5.75 Å². The zero-order chi connectivity index (χ0) is 10.7. The molecular weight excluding hydrogens is 228 g/mol. The van der Waals surface area contributed by atoms with Crippen LogP contribution >= 0.6 is 23.1 Å². The molecule has 1 unspecified atom stereocenters. The molecule has 2 aromatic rings. The number of nitrogens with zero attached hydrogens (tertiary/aromatic N) is 1. The summed E-state index contributed by atoms with van der Waals surface area (Å²) in [5, 5.41) is 8.80. The monoisotopic (exact) mass is 240 g/mol. The lowest BCUT2D eigenvalue weighted by Crippen LogP contribution is -2.26. The minimum absolute atomic E-state index is 0.0257. The molecule has 0 radical (unpaired) electrons. The number of hydrogen-bond acceptors (Lipinski definition) is 5. The van der Waals surface area contributed by atoms with Crippen molar-refractivity contribution in [3.63, 3.8) is 0 Å². The molecule has 0 fully saturated rings. The molecule has 3 N–H and O–H groups in total. The standard InChI is InChI=1S/C10H12N2OS2/c11-7(5-13)6-14-10-12-8-3-1-2-4-9(8)15-10/h1-4,7,13H,5-6,11H2. The largest absolute Gasteiger partial charge is 0.395 e. The van der Waals surface area contributed by atoms with E-state index in [4.69, 9.17) is 10.8 Å². The third-order valence-corrected chi connectivity index (χ3v) is 4.30. The lowest BCUT2D eigenvalue weighted by Gasteiger charge is -2.04. The van der Waals surface area contributed by atoms with Crippen molar-refractivity contribution >= 4 is 33.3 Å². The van der Waals surface area contributed by atoms with Gasteiger partial charge in [-0.2, -0.15) is 0 Å². The van der Waals surface area contributed by atoms with E-state index < -0.39 is 0 Å². The molecule has 0 bridgehead atoms. The average molecular weight is 240 g/mol. The second-order valence-corrected chi connectivity index (χ2v) is 5.50. The van der Waals surface area contributed by atoms with Crippen molar-refractivity contribution in [3.8, 4) is 0 Å². The molecule has 0 aliphatic heterocycles. The van der Waals surface area contributed by atoms with Crippen LogP contribution in [0.5, 0.6) is 0 Å². The summed E-state index contributed by atoms with van der Waals surface area (Å²) in [5.74, 6) is 0.705. The maximum Gasteiger partial charge on any atom is 0.151 e.